The van der Waals surface area contributed by atoms with E-state index in [9.17, 15) is 4.57 Å². The zero-order valence-corrected chi connectivity index (χ0v) is 14.2. The molecule has 2 aromatic carbocycles. The number of hydrogen-bond donors (Lipinski definition) is 0. The Morgan fingerprint density at radius 3 is 2.10 bits per heavy atom. The number of benzene rings is 2. The number of hydrogen-bond acceptors (Lipinski definition) is 3. The molecule has 0 N–H and O–H groups in total. The summed E-state index contributed by atoms with van der Waals surface area (Å²) >= 11 is 0. The lowest BCUT2D eigenvalue weighted by Gasteiger charge is -2.32. The highest BCUT2D eigenvalue weighted by atomic mass is 31.2. The van der Waals surface area contributed by atoms with Crippen LogP contribution in [0.4, 0.5) is 0 Å². The van der Waals surface area contributed by atoms with Crippen molar-refractivity contribution in [1.82, 2.24) is 0 Å². The van der Waals surface area contributed by atoms with Crippen LogP contribution >= 0.6 is 15.5 Å². The smallest absolute Gasteiger partial charge is 0.309 e. The second-order valence-corrected chi connectivity index (χ2v) is 9.43. The average Bonchev–Trinajstić information content (AvgIpc) is 2.46. The molecule has 0 saturated carbocycles. The van der Waals surface area contributed by atoms with E-state index in [1.165, 1.54) is 21.4 Å². The maximum atomic E-state index is 12.6. The largest absolute Gasteiger partial charge is 0.331 e. The van der Waals surface area contributed by atoms with E-state index in [4.69, 9.17) is 9.05 Å². The van der Waals surface area contributed by atoms with Gasteiger partial charge in [-0.3, -0.25) is 4.57 Å². The molecule has 0 aliphatic carbocycles. The van der Waals surface area contributed by atoms with Crippen LogP contribution in [-0.4, -0.2) is 25.5 Å². The van der Waals surface area contributed by atoms with Crippen molar-refractivity contribution < 1.29 is 13.6 Å². The standard InChI is InChI=1S/C16H20O3P2/c1-3-18-21(17,19-4-2)12-11-20-14-9-5-7-13-8-6-10-15(20)16(13)14/h5-10H,3-4,11-12H2,1-2H3. The quantitative estimate of drug-likeness (QED) is 0.726. The highest BCUT2D eigenvalue weighted by Crippen LogP contribution is 2.53. The molecule has 21 heavy (non-hydrogen) atoms. The van der Waals surface area contributed by atoms with E-state index in [-0.39, 0.29) is 7.92 Å². The monoisotopic (exact) mass is 322 g/mol. The molecule has 3 rings (SSSR count). The molecule has 0 saturated heterocycles. The normalized spacial score (nSPS) is 14.4. The first kappa shape index (κ1) is 15.2. The summed E-state index contributed by atoms with van der Waals surface area (Å²) in [5, 5.41) is 5.56. The summed E-state index contributed by atoms with van der Waals surface area (Å²) in [5.41, 5.74) is 0. The van der Waals surface area contributed by atoms with Crippen molar-refractivity contribution in [3.05, 3.63) is 36.4 Å². The van der Waals surface area contributed by atoms with Gasteiger partial charge in [-0.1, -0.05) is 36.4 Å². The summed E-state index contributed by atoms with van der Waals surface area (Å²) < 4.78 is 23.4. The van der Waals surface area contributed by atoms with E-state index in [1.54, 1.807) is 0 Å². The van der Waals surface area contributed by atoms with E-state index in [0.717, 1.165) is 6.16 Å². The molecule has 1 aliphatic rings. The predicted octanol–water partition coefficient (Wildman–Crippen LogP) is 3.85. The summed E-state index contributed by atoms with van der Waals surface area (Å²) in [6, 6.07) is 12.9. The molecule has 1 heterocycles. The van der Waals surface area contributed by atoms with E-state index in [2.05, 4.69) is 36.4 Å². The molecule has 0 spiro atoms. The molecule has 2 aromatic rings. The van der Waals surface area contributed by atoms with Crippen LogP contribution in [0, 0.1) is 0 Å². The molecule has 0 radical (unpaired) electrons. The van der Waals surface area contributed by atoms with Crippen LogP contribution in [0.15, 0.2) is 36.4 Å². The molecule has 0 atom stereocenters. The Hall–Kier alpha value is -0.720. The zero-order chi connectivity index (χ0) is 14.9. The summed E-state index contributed by atoms with van der Waals surface area (Å²) in [7, 11) is -3.27. The van der Waals surface area contributed by atoms with Crippen LogP contribution in [0.25, 0.3) is 10.8 Å². The summed E-state index contributed by atoms with van der Waals surface area (Å²) in [5.74, 6) is 0. The van der Waals surface area contributed by atoms with Crippen molar-refractivity contribution in [2.45, 2.75) is 13.8 Å². The maximum Gasteiger partial charge on any atom is 0.331 e. The van der Waals surface area contributed by atoms with Crippen LogP contribution in [0.1, 0.15) is 13.8 Å². The van der Waals surface area contributed by atoms with Crippen molar-refractivity contribution in [3.8, 4) is 0 Å². The van der Waals surface area contributed by atoms with Crippen LogP contribution in [-0.2, 0) is 13.6 Å². The molecular formula is C16H20O3P2. The zero-order valence-electron chi connectivity index (χ0n) is 12.4. The predicted molar refractivity (Wildman–Crippen MR) is 90.7 cm³/mol. The van der Waals surface area contributed by atoms with Crippen molar-refractivity contribution in [1.29, 1.82) is 0 Å². The highest BCUT2D eigenvalue weighted by molar-refractivity contribution is 7.77. The Kier molecular flexibility index (Phi) is 4.47. The molecule has 0 aromatic heterocycles. The van der Waals surface area contributed by atoms with Gasteiger partial charge in [0.2, 0.25) is 0 Å². The van der Waals surface area contributed by atoms with Gasteiger partial charge in [-0.05, 0) is 49.3 Å². The Labute approximate surface area is 126 Å². The van der Waals surface area contributed by atoms with Crippen molar-refractivity contribution in [3.63, 3.8) is 0 Å². The fourth-order valence-corrected chi connectivity index (χ4v) is 7.90. The van der Waals surface area contributed by atoms with Gasteiger partial charge in [0, 0.05) is 0 Å². The van der Waals surface area contributed by atoms with Gasteiger partial charge in [0.15, 0.2) is 0 Å². The van der Waals surface area contributed by atoms with Crippen LogP contribution < -0.4 is 10.6 Å². The lowest BCUT2D eigenvalue weighted by atomic mass is 10.1. The lowest BCUT2D eigenvalue weighted by Crippen LogP contribution is -2.29. The minimum atomic E-state index is -2.92. The van der Waals surface area contributed by atoms with E-state index in [1.807, 2.05) is 13.8 Å². The van der Waals surface area contributed by atoms with Gasteiger partial charge in [-0.15, -0.1) is 0 Å². The Balaban J connectivity index is 1.77. The maximum absolute atomic E-state index is 12.6. The molecule has 0 unspecified atom stereocenters. The molecule has 3 nitrogen and oxygen atoms in total. The Morgan fingerprint density at radius 2 is 1.57 bits per heavy atom. The number of rotatable bonds is 7. The summed E-state index contributed by atoms with van der Waals surface area (Å²) in [4.78, 5) is 0. The van der Waals surface area contributed by atoms with Crippen LogP contribution in [0.3, 0.4) is 0 Å². The first-order valence-electron chi connectivity index (χ1n) is 7.36. The third kappa shape index (κ3) is 2.81. The van der Waals surface area contributed by atoms with Crippen LogP contribution in [0.5, 0.6) is 0 Å². The van der Waals surface area contributed by atoms with Crippen molar-refractivity contribution >= 4 is 36.9 Å². The Morgan fingerprint density at radius 1 is 1.00 bits per heavy atom. The minimum absolute atomic E-state index is 0.350. The molecule has 5 heteroatoms. The third-order valence-electron chi connectivity index (χ3n) is 3.69. The fourth-order valence-electron chi connectivity index (χ4n) is 2.85. The van der Waals surface area contributed by atoms with Gasteiger partial charge < -0.3 is 9.05 Å². The van der Waals surface area contributed by atoms with E-state index >= 15 is 0 Å². The first-order valence-corrected chi connectivity index (χ1v) is 10.6. The molecule has 0 fully saturated rings. The van der Waals surface area contributed by atoms with Gasteiger partial charge in [-0.25, -0.2) is 0 Å². The van der Waals surface area contributed by atoms with E-state index < -0.39 is 7.60 Å². The van der Waals surface area contributed by atoms with Gasteiger partial charge in [0.1, 0.15) is 0 Å². The molecular weight excluding hydrogens is 302 g/mol. The molecule has 0 bridgehead atoms. The Bertz CT molecular complexity index is 650. The SMILES string of the molecule is CCOP(=O)(CCP1c2cccc3cccc1c23)OCC. The second-order valence-electron chi connectivity index (χ2n) is 4.97. The minimum Gasteiger partial charge on any atom is -0.309 e. The van der Waals surface area contributed by atoms with Crippen molar-refractivity contribution in [2.24, 2.45) is 0 Å². The fraction of sp³-hybridized carbons (Fsp3) is 0.375. The van der Waals surface area contributed by atoms with Gasteiger partial charge in [0.25, 0.3) is 0 Å². The first-order chi connectivity index (χ1) is 10.2. The topological polar surface area (TPSA) is 35.5 Å². The third-order valence-corrected chi connectivity index (χ3v) is 8.70. The lowest BCUT2D eigenvalue weighted by molar-refractivity contribution is 0.221. The van der Waals surface area contributed by atoms with E-state index in [0.29, 0.717) is 19.4 Å². The summed E-state index contributed by atoms with van der Waals surface area (Å²) in [6.45, 7) is 4.58. The molecule has 1 aliphatic heterocycles. The molecule has 112 valence electrons. The van der Waals surface area contributed by atoms with Gasteiger partial charge in [-0.2, -0.15) is 0 Å². The second kappa shape index (κ2) is 6.18. The summed E-state index contributed by atoms with van der Waals surface area (Å²) in [6.07, 6.45) is 1.38. The average molecular weight is 322 g/mol. The van der Waals surface area contributed by atoms with Gasteiger partial charge in [0.05, 0.1) is 19.4 Å². The van der Waals surface area contributed by atoms with Crippen molar-refractivity contribution in [2.75, 3.05) is 25.5 Å². The molecule has 0 amide bonds. The van der Waals surface area contributed by atoms with Gasteiger partial charge >= 0.3 is 7.60 Å². The van der Waals surface area contributed by atoms with Crippen LogP contribution in [0.2, 0.25) is 0 Å². The highest BCUT2D eigenvalue weighted by Gasteiger charge is 2.32.